The van der Waals surface area contributed by atoms with Crippen molar-refractivity contribution in [3.8, 4) is 5.75 Å². The van der Waals surface area contributed by atoms with E-state index >= 15 is 0 Å². The molecule has 0 amide bonds. The van der Waals surface area contributed by atoms with Gasteiger partial charge in [-0.1, -0.05) is 11.8 Å². The molecule has 106 valence electrons. The fourth-order valence-corrected chi connectivity index (χ4v) is 9.86. The topological polar surface area (TPSA) is 18.5 Å². The van der Waals surface area contributed by atoms with Gasteiger partial charge in [0, 0.05) is 0 Å². The second kappa shape index (κ2) is 6.07. The number of hydrogen-bond donors (Lipinski definition) is 0. The molecule has 0 fully saturated rings. The second-order valence-electron chi connectivity index (χ2n) is 5.83. The summed E-state index contributed by atoms with van der Waals surface area (Å²) in [5.41, 5.74) is 3.27. The van der Waals surface area contributed by atoms with Crippen LogP contribution in [0.2, 0.25) is 26.2 Å². The van der Waals surface area contributed by atoms with E-state index in [1.54, 1.807) is 0 Å². The molecule has 1 rings (SSSR count). The zero-order valence-corrected chi connectivity index (χ0v) is 15.0. The van der Waals surface area contributed by atoms with Crippen molar-refractivity contribution in [1.29, 1.82) is 0 Å². The lowest BCUT2D eigenvalue weighted by Gasteiger charge is -2.33. The summed E-state index contributed by atoms with van der Waals surface area (Å²) in [6.07, 6.45) is 0. The molecule has 0 saturated carbocycles. The molecule has 0 aliphatic carbocycles. The van der Waals surface area contributed by atoms with Crippen LogP contribution in [0, 0.1) is 6.92 Å². The quantitative estimate of drug-likeness (QED) is 0.744. The van der Waals surface area contributed by atoms with E-state index in [0.717, 1.165) is 5.75 Å². The molecular formula is C15H26O2Si2. The molecule has 19 heavy (non-hydrogen) atoms. The average molecular weight is 295 g/mol. The summed E-state index contributed by atoms with van der Waals surface area (Å²) in [6, 6.07) is 6.33. The minimum atomic E-state index is -1.89. The lowest BCUT2D eigenvalue weighted by molar-refractivity contribution is 0.340. The van der Waals surface area contributed by atoms with Crippen molar-refractivity contribution >= 4 is 21.8 Å². The summed E-state index contributed by atoms with van der Waals surface area (Å²) in [6.45, 7) is 17.7. The van der Waals surface area contributed by atoms with Gasteiger partial charge in [0.2, 0.25) is 8.32 Å². The molecule has 0 bridgehead atoms. The fourth-order valence-electron chi connectivity index (χ4n) is 2.32. The Kier molecular flexibility index (Phi) is 5.18. The zero-order chi connectivity index (χ0) is 14.7. The van der Waals surface area contributed by atoms with Crippen LogP contribution in [0.4, 0.5) is 0 Å². The van der Waals surface area contributed by atoms with Gasteiger partial charge in [-0.05, 0) is 62.9 Å². The first-order valence-electron chi connectivity index (χ1n) is 6.79. The number of aryl methyl sites for hydroxylation is 1. The molecule has 0 unspecified atom stereocenters. The monoisotopic (exact) mass is 294 g/mol. The lowest BCUT2D eigenvalue weighted by atomic mass is 10.2. The van der Waals surface area contributed by atoms with E-state index in [4.69, 9.17) is 8.85 Å². The lowest BCUT2D eigenvalue weighted by Crippen LogP contribution is -2.52. The summed E-state index contributed by atoms with van der Waals surface area (Å²) in [5, 5.41) is 1.35. The molecule has 1 aromatic carbocycles. The summed E-state index contributed by atoms with van der Waals surface area (Å²) in [7, 11) is -3.64. The molecule has 0 aromatic heterocycles. The Bertz CT molecular complexity index is 453. The van der Waals surface area contributed by atoms with Crippen molar-refractivity contribution in [2.75, 3.05) is 6.61 Å². The maximum Gasteiger partial charge on any atom is 0.206 e. The maximum absolute atomic E-state index is 6.46. The Labute approximate surface area is 119 Å². The third-order valence-electron chi connectivity index (χ3n) is 3.17. The minimum Gasteiger partial charge on any atom is -0.494 e. The first-order valence-corrected chi connectivity index (χ1v) is 12.7. The summed E-state index contributed by atoms with van der Waals surface area (Å²) >= 11 is 0. The van der Waals surface area contributed by atoms with Crippen molar-refractivity contribution in [2.45, 2.75) is 40.0 Å². The SMILES string of the molecule is C=C[Si](C)(C)O[Si](C)(C)c1ccc(OCC)cc1C. The van der Waals surface area contributed by atoms with Crippen LogP contribution in [-0.4, -0.2) is 23.2 Å². The van der Waals surface area contributed by atoms with Gasteiger partial charge in [-0.2, -0.15) is 0 Å². The molecule has 0 N–H and O–H groups in total. The summed E-state index contributed by atoms with van der Waals surface area (Å²) < 4.78 is 12.0. The molecule has 0 radical (unpaired) electrons. The highest BCUT2D eigenvalue weighted by Crippen LogP contribution is 2.19. The number of rotatable bonds is 6. The Morgan fingerprint density at radius 1 is 1.21 bits per heavy atom. The average Bonchev–Trinajstić information content (AvgIpc) is 2.27. The van der Waals surface area contributed by atoms with E-state index < -0.39 is 16.6 Å². The molecule has 0 aliphatic heterocycles. The molecule has 4 heteroatoms. The van der Waals surface area contributed by atoms with Crippen molar-refractivity contribution < 1.29 is 8.85 Å². The Balaban J connectivity index is 3.04. The Morgan fingerprint density at radius 3 is 2.32 bits per heavy atom. The number of hydrogen-bond acceptors (Lipinski definition) is 2. The van der Waals surface area contributed by atoms with Crippen LogP contribution in [0.1, 0.15) is 12.5 Å². The first-order chi connectivity index (χ1) is 8.72. The smallest absolute Gasteiger partial charge is 0.206 e. The van der Waals surface area contributed by atoms with Gasteiger partial charge < -0.3 is 8.85 Å². The highest BCUT2D eigenvalue weighted by atomic mass is 28.4. The first kappa shape index (κ1) is 16.2. The number of ether oxygens (including phenoxy) is 1. The van der Waals surface area contributed by atoms with Gasteiger partial charge >= 0.3 is 0 Å². The van der Waals surface area contributed by atoms with Crippen LogP contribution in [-0.2, 0) is 4.12 Å². The molecular weight excluding hydrogens is 268 g/mol. The van der Waals surface area contributed by atoms with E-state index in [9.17, 15) is 0 Å². The van der Waals surface area contributed by atoms with Gasteiger partial charge in [0.1, 0.15) is 5.75 Å². The van der Waals surface area contributed by atoms with Crippen molar-refractivity contribution in [2.24, 2.45) is 0 Å². The zero-order valence-electron chi connectivity index (χ0n) is 13.0. The number of benzene rings is 1. The summed E-state index contributed by atoms with van der Waals surface area (Å²) in [4.78, 5) is 0. The second-order valence-corrected chi connectivity index (χ2v) is 13.8. The van der Waals surface area contributed by atoms with Gasteiger partial charge in [0.15, 0.2) is 8.32 Å². The third kappa shape index (κ3) is 4.33. The molecule has 1 aromatic rings. The minimum absolute atomic E-state index is 0.701. The Hall–Kier alpha value is -0.846. The van der Waals surface area contributed by atoms with Crippen LogP contribution in [0.15, 0.2) is 30.5 Å². The van der Waals surface area contributed by atoms with E-state index in [1.807, 2.05) is 18.7 Å². The van der Waals surface area contributed by atoms with Gasteiger partial charge in [0.25, 0.3) is 0 Å². The van der Waals surface area contributed by atoms with E-state index in [-0.39, 0.29) is 0 Å². The van der Waals surface area contributed by atoms with Crippen LogP contribution in [0.25, 0.3) is 0 Å². The van der Waals surface area contributed by atoms with Crippen molar-refractivity contribution in [3.05, 3.63) is 36.0 Å². The molecule has 0 saturated heterocycles. The fraction of sp³-hybridized carbons (Fsp3) is 0.467. The molecule has 2 nitrogen and oxygen atoms in total. The third-order valence-corrected chi connectivity index (χ3v) is 10.2. The molecule has 0 aliphatic rings. The van der Waals surface area contributed by atoms with E-state index in [2.05, 4.69) is 51.8 Å². The van der Waals surface area contributed by atoms with Crippen LogP contribution in [0.5, 0.6) is 5.75 Å². The standard InChI is InChI=1S/C15H26O2Si2/c1-8-16-14-10-11-15(13(3)12-14)19(6,7)17-18(4,5)9-2/h9-12H,2,8H2,1,3-7H3. The van der Waals surface area contributed by atoms with Gasteiger partial charge in [-0.15, -0.1) is 6.58 Å². The van der Waals surface area contributed by atoms with Crippen molar-refractivity contribution in [1.82, 2.24) is 0 Å². The highest BCUT2D eigenvalue weighted by molar-refractivity contribution is 6.93. The summed E-state index contributed by atoms with van der Waals surface area (Å²) in [5.74, 6) is 0.939. The van der Waals surface area contributed by atoms with E-state index in [1.165, 1.54) is 10.8 Å². The van der Waals surface area contributed by atoms with Crippen molar-refractivity contribution in [3.63, 3.8) is 0 Å². The van der Waals surface area contributed by atoms with Crippen LogP contribution < -0.4 is 9.92 Å². The maximum atomic E-state index is 6.46. The van der Waals surface area contributed by atoms with E-state index in [0.29, 0.717) is 6.61 Å². The van der Waals surface area contributed by atoms with Gasteiger partial charge in [0.05, 0.1) is 6.61 Å². The van der Waals surface area contributed by atoms with Crippen LogP contribution in [0.3, 0.4) is 0 Å². The normalized spacial score (nSPS) is 12.3. The highest BCUT2D eigenvalue weighted by Gasteiger charge is 2.33. The molecule has 0 spiro atoms. The van der Waals surface area contributed by atoms with Crippen LogP contribution >= 0.6 is 0 Å². The molecule has 0 heterocycles. The predicted molar refractivity (Wildman–Crippen MR) is 88.2 cm³/mol. The van der Waals surface area contributed by atoms with Gasteiger partial charge in [-0.25, -0.2) is 0 Å². The largest absolute Gasteiger partial charge is 0.494 e. The predicted octanol–water partition coefficient (Wildman–Crippen LogP) is 3.75. The Morgan fingerprint density at radius 2 is 1.84 bits per heavy atom. The molecule has 0 atom stereocenters. The van der Waals surface area contributed by atoms with Gasteiger partial charge in [-0.3, -0.25) is 0 Å².